The van der Waals surface area contributed by atoms with E-state index in [9.17, 15) is 0 Å². The maximum Gasteiger partial charge on any atom is 0.146 e. The van der Waals surface area contributed by atoms with Crippen molar-refractivity contribution >= 4 is 23.2 Å². The molecule has 0 aliphatic rings. The van der Waals surface area contributed by atoms with Crippen LogP contribution < -0.4 is 9.47 Å². The van der Waals surface area contributed by atoms with E-state index in [1.165, 1.54) is 6.26 Å². The molecular formula is C14H10Cl2O2. The van der Waals surface area contributed by atoms with E-state index in [-0.39, 0.29) is 0 Å². The zero-order valence-electron chi connectivity index (χ0n) is 9.40. The molecule has 0 aliphatic heterocycles. The Morgan fingerprint density at radius 2 is 1.61 bits per heavy atom. The largest absolute Gasteiger partial charge is 0.466 e. The summed E-state index contributed by atoms with van der Waals surface area (Å²) in [4.78, 5) is 0. The average Bonchev–Trinajstić information content (AvgIpc) is 2.35. The molecule has 2 aromatic rings. The monoisotopic (exact) mass is 280 g/mol. The normalized spacial score (nSPS) is 9.89. The molecule has 0 aromatic heterocycles. The summed E-state index contributed by atoms with van der Waals surface area (Å²) in [5.74, 6) is 1.91. The lowest BCUT2D eigenvalue weighted by atomic mass is 10.3. The van der Waals surface area contributed by atoms with Gasteiger partial charge >= 0.3 is 0 Å². The first-order valence-electron chi connectivity index (χ1n) is 5.19. The van der Waals surface area contributed by atoms with E-state index in [0.29, 0.717) is 27.3 Å². The highest BCUT2D eigenvalue weighted by atomic mass is 35.5. The van der Waals surface area contributed by atoms with Crippen LogP contribution in [0, 0.1) is 0 Å². The van der Waals surface area contributed by atoms with Gasteiger partial charge in [0.25, 0.3) is 0 Å². The van der Waals surface area contributed by atoms with E-state index in [0.717, 1.165) is 0 Å². The minimum absolute atomic E-state index is 0.467. The average molecular weight is 281 g/mol. The number of ether oxygens (including phenoxy) is 2. The van der Waals surface area contributed by atoms with Gasteiger partial charge in [0.05, 0.1) is 11.3 Å². The van der Waals surface area contributed by atoms with E-state index in [4.69, 9.17) is 32.7 Å². The smallest absolute Gasteiger partial charge is 0.146 e. The predicted molar refractivity (Wildman–Crippen MR) is 73.8 cm³/mol. The van der Waals surface area contributed by atoms with Crippen LogP contribution in [0.2, 0.25) is 10.0 Å². The number of benzene rings is 2. The van der Waals surface area contributed by atoms with Crippen molar-refractivity contribution < 1.29 is 9.47 Å². The lowest BCUT2D eigenvalue weighted by Gasteiger charge is -2.08. The highest BCUT2D eigenvalue weighted by Crippen LogP contribution is 2.32. The van der Waals surface area contributed by atoms with Gasteiger partial charge in [-0.05, 0) is 42.5 Å². The predicted octanol–water partition coefficient (Wildman–Crippen LogP) is 5.31. The molecule has 0 radical (unpaired) electrons. The van der Waals surface area contributed by atoms with E-state index in [1.54, 1.807) is 42.5 Å². The number of hydrogen-bond acceptors (Lipinski definition) is 2. The van der Waals surface area contributed by atoms with Gasteiger partial charge in [0.1, 0.15) is 17.2 Å². The molecule has 0 saturated heterocycles. The summed E-state index contributed by atoms with van der Waals surface area (Å²) < 4.78 is 10.7. The van der Waals surface area contributed by atoms with E-state index >= 15 is 0 Å². The van der Waals surface area contributed by atoms with Crippen LogP contribution in [0.4, 0.5) is 0 Å². The third-order valence-electron chi connectivity index (χ3n) is 2.16. The summed E-state index contributed by atoms with van der Waals surface area (Å²) in [6, 6.07) is 12.2. The van der Waals surface area contributed by atoms with Crippen LogP contribution in [-0.2, 0) is 0 Å². The molecule has 2 rings (SSSR count). The van der Waals surface area contributed by atoms with Crippen LogP contribution in [0.3, 0.4) is 0 Å². The van der Waals surface area contributed by atoms with Gasteiger partial charge in [-0.3, -0.25) is 0 Å². The topological polar surface area (TPSA) is 18.5 Å². The zero-order chi connectivity index (χ0) is 13.0. The molecule has 0 atom stereocenters. The molecule has 0 N–H and O–H groups in total. The lowest BCUT2D eigenvalue weighted by Crippen LogP contribution is -1.86. The molecule has 0 amide bonds. The fourth-order valence-electron chi connectivity index (χ4n) is 1.37. The van der Waals surface area contributed by atoms with Crippen molar-refractivity contribution in [2.75, 3.05) is 0 Å². The van der Waals surface area contributed by atoms with Crippen molar-refractivity contribution in [3.8, 4) is 17.2 Å². The van der Waals surface area contributed by atoms with Gasteiger partial charge in [0, 0.05) is 5.02 Å². The number of halogens is 2. The second-order valence-corrected chi connectivity index (χ2v) is 4.28. The Morgan fingerprint density at radius 1 is 0.944 bits per heavy atom. The van der Waals surface area contributed by atoms with Gasteiger partial charge < -0.3 is 9.47 Å². The van der Waals surface area contributed by atoms with Gasteiger partial charge in [-0.2, -0.15) is 0 Å². The summed E-state index contributed by atoms with van der Waals surface area (Å²) in [6.45, 7) is 3.48. The molecule has 2 nitrogen and oxygen atoms in total. The van der Waals surface area contributed by atoms with E-state index < -0.39 is 0 Å². The molecule has 4 heteroatoms. The molecule has 0 bridgehead atoms. The highest BCUT2D eigenvalue weighted by Gasteiger charge is 2.04. The fourth-order valence-corrected chi connectivity index (χ4v) is 1.81. The molecule has 0 saturated carbocycles. The van der Waals surface area contributed by atoms with Crippen LogP contribution in [0.5, 0.6) is 17.2 Å². The quantitative estimate of drug-likeness (QED) is 0.707. The maximum absolute atomic E-state index is 6.01. The molecule has 0 fully saturated rings. The summed E-state index contributed by atoms with van der Waals surface area (Å²) in [5, 5.41) is 1.04. The summed E-state index contributed by atoms with van der Waals surface area (Å²) in [7, 11) is 0. The third kappa shape index (κ3) is 3.19. The Labute approximate surface area is 115 Å². The molecule has 18 heavy (non-hydrogen) atoms. The molecule has 92 valence electrons. The van der Waals surface area contributed by atoms with Gasteiger partial charge in [-0.15, -0.1) is 0 Å². The van der Waals surface area contributed by atoms with Crippen molar-refractivity contribution in [3.05, 3.63) is 65.4 Å². The first kappa shape index (κ1) is 12.8. The molecular weight excluding hydrogens is 271 g/mol. The summed E-state index contributed by atoms with van der Waals surface area (Å²) >= 11 is 11.8. The molecule has 0 heterocycles. The Hall–Kier alpha value is -1.64. The SMILES string of the molecule is C=COc1ccc(Oc2ccc(Cl)cc2Cl)cc1. The van der Waals surface area contributed by atoms with Crippen LogP contribution in [-0.4, -0.2) is 0 Å². The lowest BCUT2D eigenvalue weighted by molar-refractivity contribution is 0.470. The van der Waals surface area contributed by atoms with Crippen molar-refractivity contribution in [1.82, 2.24) is 0 Å². The van der Waals surface area contributed by atoms with Gasteiger partial charge in [-0.25, -0.2) is 0 Å². The highest BCUT2D eigenvalue weighted by molar-refractivity contribution is 6.35. The van der Waals surface area contributed by atoms with Crippen molar-refractivity contribution in [2.45, 2.75) is 0 Å². The minimum atomic E-state index is 0.467. The first-order chi connectivity index (χ1) is 8.69. The Balaban J connectivity index is 2.15. The van der Waals surface area contributed by atoms with Crippen molar-refractivity contribution in [2.24, 2.45) is 0 Å². The van der Waals surface area contributed by atoms with Gasteiger partial charge in [0.2, 0.25) is 0 Å². The maximum atomic E-state index is 6.01. The van der Waals surface area contributed by atoms with Gasteiger partial charge in [-0.1, -0.05) is 29.8 Å². The van der Waals surface area contributed by atoms with E-state index in [1.807, 2.05) is 0 Å². The third-order valence-corrected chi connectivity index (χ3v) is 2.70. The number of rotatable bonds is 4. The van der Waals surface area contributed by atoms with Gasteiger partial charge in [0.15, 0.2) is 0 Å². The van der Waals surface area contributed by atoms with Crippen LogP contribution in [0.1, 0.15) is 0 Å². The standard InChI is InChI=1S/C14H10Cl2O2/c1-2-17-11-4-6-12(7-5-11)18-14-8-3-10(15)9-13(14)16/h2-9H,1H2. The zero-order valence-corrected chi connectivity index (χ0v) is 10.9. The second kappa shape index (κ2) is 5.80. The van der Waals surface area contributed by atoms with Crippen molar-refractivity contribution in [1.29, 1.82) is 0 Å². The fraction of sp³-hybridized carbons (Fsp3) is 0. The molecule has 0 unspecified atom stereocenters. The summed E-state index contributed by atoms with van der Waals surface area (Å²) in [5.41, 5.74) is 0. The van der Waals surface area contributed by atoms with E-state index in [2.05, 4.69) is 6.58 Å². The Morgan fingerprint density at radius 3 is 2.22 bits per heavy atom. The molecule has 0 spiro atoms. The second-order valence-electron chi connectivity index (χ2n) is 3.43. The molecule has 2 aromatic carbocycles. The first-order valence-corrected chi connectivity index (χ1v) is 5.95. The summed E-state index contributed by atoms with van der Waals surface area (Å²) in [6.07, 6.45) is 1.37. The van der Waals surface area contributed by atoms with Crippen LogP contribution in [0.15, 0.2) is 55.3 Å². The Kier molecular flexibility index (Phi) is 4.13. The van der Waals surface area contributed by atoms with Crippen LogP contribution in [0.25, 0.3) is 0 Å². The van der Waals surface area contributed by atoms with Crippen LogP contribution >= 0.6 is 23.2 Å². The van der Waals surface area contributed by atoms with Crippen molar-refractivity contribution in [3.63, 3.8) is 0 Å². The minimum Gasteiger partial charge on any atom is -0.466 e. The Bertz CT molecular complexity index is 550. The molecule has 0 aliphatic carbocycles. The number of hydrogen-bond donors (Lipinski definition) is 0.